The van der Waals surface area contributed by atoms with E-state index in [-0.39, 0.29) is 11.8 Å². The summed E-state index contributed by atoms with van der Waals surface area (Å²) in [5, 5.41) is 6.16. The van der Waals surface area contributed by atoms with E-state index in [0.29, 0.717) is 25.4 Å². The van der Waals surface area contributed by atoms with Crippen molar-refractivity contribution < 1.29 is 9.59 Å². The molecule has 19 heavy (non-hydrogen) atoms. The Kier molecular flexibility index (Phi) is 4.45. The number of nitrogens with one attached hydrogen (secondary N) is 2. The zero-order chi connectivity index (χ0) is 13.9. The van der Waals surface area contributed by atoms with E-state index in [9.17, 15) is 9.59 Å². The Labute approximate surface area is 115 Å². The molecule has 2 heterocycles. The summed E-state index contributed by atoms with van der Waals surface area (Å²) in [5.41, 5.74) is -0.705. The first-order chi connectivity index (χ1) is 9.01. The van der Waals surface area contributed by atoms with Gasteiger partial charge in [-0.25, -0.2) is 0 Å². The van der Waals surface area contributed by atoms with Gasteiger partial charge < -0.3 is 15.5 Å². The number of hydrogen-bond acceptors (Lipinski definition) is 3. The molecule has 2 fully saturated rings. The number of nitrogens with zero attached hydrogens (tertiary/aromatic N) is 1. The van der Waals surface area contributed by atoms with Gasteiger partial charge in [0.2, 0.25) is 11.8 Å². The third kappa shape index (κ3) is 3.26. The van der Waals surface area contributed by atoms with Crippen LogP contribution in [0.3, 0.4) is 0 Å². The van der Waals surface area contributed by atoms with Crippen LogP contribution in [-0.4, -0.2) is 48.4 Å². The summed E-state index contributed by atoms with van der Waals surface area (Å²) < 4.78 is 0. The molecule has 0 radical (unpaired) electrons. The molecule has 5 heteroatoms. The maximum Gasteiger partial charge on any atom is 0.245 e. The summed E-state index contributed by atoms with van der Waals surface area (Å²) in [5.74, 6) is 0.735. The van der Waals surface area contributed by atoms with E-state index in [1.165, 1.54) is 0 Å². The summed E-state index contributed by atoms with van der Waals surface area (Å²) in [4.78, 5) is 25.9. The topological polar surface area (TPSA) is 61.4 Å². The Bertz CT molecular complexity index is 349. The normalized spacial score (nSPS) is 24.1. The minimum atomic E-state index is -0.705. The predicted molar refractivity (Wildman–Crippen MR) is 73.6 cm³/mol. The molecule has 108 valence electrons. The third-order valence-electron chi connectivity index (χ3n) is 4.38. The van der Waals surface area contributed by atoms with Crippen molar-refractivity contribution in [2.45, 2.75) is 45.1 Å². The van der Waals surface area contributed by atoms with Crippen LogP contribution in [0.5, 0.6) is 0 Å². The van der Waals surface area contributed by atoms with Crippen LogP contribution in [0, 0.1) is 5.92 Å². The fraction of sp³-hybridized carbons (Fsp3) is 0.857. The van der Waals surface area contributed by atoms with Gasteiger partial charge in [-0.2, -0.15) is 0 Å². The van der Waals surface area contributed by atoms with Gasteiger partial charge in [-0.15, -0.1) is 0 Å². The molecule has 5 nitrogen and oxygen atoms in total. The Balaban J connectivity index is 1.86. The minimum absolute atomic E-state index is 0.0473. The molecule has 0 aliphatic carbocycles. The number of hydrogen-bond donors (Lipinski definition) is 2. The average molecular weight is 267 g/mol. The molecule has 0 spiro atoms. The largest absolute Gasteiger partial charge is 0.352 e. The highest BCUT2D eigenvalue weighted by molar-refractivity contribution is 5.91. The molecule has 2 aliphatic rings. The summed E-state index contributed by atoms with van der Waals surface area (Å²) in [6, 6.07) is 0. The molecule has 2 rings (SSSR count). The second kappa shape index (κ2) is 5.90. The lowest BCUT2D eigenvalue weighted by Crippen LogP contribution is -2.63. The number of carbonyl (C=O) groups excluding carboxylic acids is 2. The van der Waals surface area contributed by atoms with Crippen LogP contribution >= 0.6 is 0 Å². The first-order valence-electron chi connectivity index (χ1n) is 7.31. The van der Waals surface area contributed by atoms with Gasteiger partial charge in [-0.1, -0.05) is 0 Å². The number of piperazine rings is 1. The Morgan fingerprint density at radius 2 is 2.00 bits per heavy atom. The van der Waals surface area contributed by atoms with Crippen molar-refractivity contribution in [2.24, 2.45) is 5.92 Å². The van der Waals surface area contributed by atoms with Crippen LogP contribution in [0.1, 0.15) is 39.5 Å². The third-order valence-corrected chi connectivity index (χ3v) is 4.38. The molecular formula is C14H25N3O2. The highest BCUT2D eigenvalue weighted by Gasteiger charge is 2.40. The zero-order valence-corrected chi connectivity index (χ0v) is 12.0. The van der Waals surface area contributed by atoms with Crippen molar-refractivity contribution in [3.05, 3.63) is 0 Å². The number of amides is 2. The van der Waals surface area contributed by atoms with Crippen molar-refractivity contribution in [1.82, 2.24) is 15.5 Å². The summed E-state index contributed by atoms with van der Waals surface area (Å²) in [6.07, 6.45) is 3.85. The Morgan fingerprint density at radius 3 is 2.68 bits per heavy atom. The monoisotopic (exact) mass is 267 g/mol. The van der Waals surface area contributed by atoms with E-state index in [0.717, 1.165) is 32.4 Å². The maximum absolute atomic E-state index is 12.3. The van der Waals surface area contributed by atoms with E-state index in [1.807, 2.05) is 13.8 Å². The lowest BCUT2D eigenvalue weighted by molar-refractivity contribution is -0.149. The number of rotatable bonds is 3. The highest BCUT2D eigenvalue weighted by Crippen LogP contribution is 2.22. The predicted octanol–water partition coefficient (Wildman–Crippen LogP) is 0.503. The van der Waals surface area contributed by atoms with E-state index >= 15 is 0 Å². The molecule has 0 saturated carbocycles. The van der Waals surface area contributed by atoms with E-state index < -0.39 is 5.54 Å². The van der Waals surface area contributed by atoms with Crippen LogP contribution in [0.4, 0.5) is 0 Å². The van der Waals surface area contributed by atoms with Gasteiger partial charge in [0, 0.05) is 19.5 Å². The van der Waals surface area contributed by atoms with Gasteiger partial charge in [0.05, 0.1) is 0 Å². The summed E-state index contributed by atoms with van der Waals surface area (Å²) in [7, 11) is 0. The van der Waals surface area contributed by atoms with Crippen molar-refractivity contribution in [2.75, 3.05) is 26.2 Å². The van der Waals surface area contributed by atoms with Gasteiger partial charge >= 0.3 is 0 Å². The fourth-order valence-electron chi connectivity index (χ4n) is 2.97. The molecule has 2 aliphatic heterocycles. The van der Waals surface area contributed by atoms with Gasteiger partial charge in [0.1, 0.15) is 5.54 Å². The van der Waals surface area contributed by atoms with E-state index in [1.54, 1.807) is 4.90 Å². The lowest BCUT2D eigenvalue weighted by Gasteiger charge is -2.41. The van der Waals surface area contributed by atoms with Gasteiger partial charge in [0.15, 0.2) is 0 Å². The number of piperidine rings is 1. The highest BCUT2D eigenvalue weighted by atomic mass is 16.2. The molecular weight excluding hydrogens is 242 g/mol. The van der Waals surface area contributed by atoms with Crippen LogP contribution in [0.15, 0.2) is 0 Å². The van der Waals surface area contributed by atoms with Crippen molar-refractivity contribution in [3.63, 3.8) is 0 Å². The maximum atomic E-state index is 12.3. The molecule has 0 aromatic carbocycles. The Hall–Kier alpha value is -1.10. The fourth-order valence-corrected chi connectivity index (χ4v) is 2.97. The standard InChI is InChI=1S/C14H25N3O2/c1-14(2)13(19)16-9-10-17(14)12(18)4-3-11-5-7-15-8-6-11/h11,15H,3-10H2,1-2H3,(H,16,19). The first-order valence-corrected chi connectivity index (χ1v) is 7.31. The molecule has 0 aromatic rings. The SMILES string of the molecule is CC1(C)C(=O)NCCN1C(=O)CCC1CCNCC1. The van der Waals surface area contributed by atoms with Crippen LogP contribution in [-0.2, 0) is 9.59 Å². The quantitative estimate of drug-likeness (QED) is 0.783. The summed E-state index contributed by atoms with van der Waals surface area (Å²) in [6.45, 7) is 6.98. The van der Waals surface area contributed by atoms with Crippen LogP contribution < -0.4 is 10.6 Å². The minimum Gasteiger partial charge on any atom is -0.352 e. The van der Waals surface area contributed by atoms with E-state index in [4.69, 9.17) is 0 Å². The van der Waals surface area contributed by atoms with Crippen molar-refractivity contribution in [3.8, 4) is 0 Å². The zero-order valence-electron chi connectivity index (χ0n) is 12.0. The molecule has 0 atom stereocenters. The second-order valence-corrected chi connectivity index (χ2v) is 6.09. The van der Waals surface area contributed by atoms with Crippen molar-refractivity contribution in [1.29, 1.82) is 0 Å². The molecule has 2 saturated heterocycles. The number of carbonyl (C=O) groups is 2. The van der Waals surface area contributed by atoms with Crippen LogP contribution in [0.25, 0.3) is 0 Å². The molecule has 0 unspecified atom stereocenters. The van der Waals surface area contributed by atoms with Gasteiger partial charge in [0.25, 0.3) is 0 Å². The molecule has 0 bridgehead atoms. The molecule has 2 N–H and O–H groups in total. The Morgan fingerprint density at radius 1 is 1.32 bits per heavy atom. The summed E-state index contributed by atoms with van der Waals surface area (Å²) >= 11 is 0. The van der Waals surface area contributed by atoms with E-state index in [2.05, 4.69) is 10.6 Å². The lowest BCUT2D eigenvalue weighted by atomic mass is 9.92. The van der Waals surface area contributed by atoms with Crippen LogP contribution in [0.2, 0.25) is 0 Å². The molecule has 2 amide bonds. The van der Waals surface area contributed by atoms with Gasteiger partial charge in [-0.05, 0) is 52.1 Å². The van der Waals surface area contributed by atoms with Gasteiger partial charge in [-0.3, -0.25) is 9.59 Å². The molecule has 0 aromatic heterocycles. The average Bonchev–Trinajstić information content (AvgIpc) is 2.40. The second-order valence-electron chi connectivity index (χ2n) is 6.09. The first kappa shape index (κ1) is 14.3. The smallest absolute Gasteiger partial charge is 0.245 e. The van der Waals surface area contributed by atoms with Crippen molar-refractivity contribution >= 4 is 11.8 Å².